The molecule has 1 aromatic heterocycles. The molecule has 1 rings (SSSR count). The van der Waals surface area contributed by atoms with E-state index in [9.17, 15) is 5.11 Å². The Kier molecular flexibility index (Phi) is 3.64. The average Bonchev–Trinajstić information content (AvgIpc) is 2.19. The van der Waals surface area contributed by atoms with Crippen LogP contribution in [-0.2, 0) is 12.8 Å². The Morgan fingerprint density at radius 3 is 2.50 bits per heavy atom. The Hall–Kier alpha value is -0.890. The van der Waals surface area contributed by atoms with E-state index < -0.39 is 5.60 Å². The smallest absolute Gasteiger partial charge is 0.0672 e. The fourth-order valence-electron chi connectivity index (χ4n) is 1.28. The molecule has 0 aliphatic rings. The van der Waals surface area contributed by atoms with Gasteiger partial charge in [0, 0.05) is 18.3 Å². The molecule has 0 spiro atoms. The molecule has 14 heavy (non-hydrogen) atoms. The molecule has 0 saturated heterocycles. The second-order valence-electron chi connectivity index (χ2n) is 4.04. The molecule has 0 bridgehead atoms. The third-order valence-corrected chi connectivity index (χ3v) is 2.62. The maximum absolute atomic E-state index is 9.86. The minimum atomic E-state index is -0.624. The van der Waals surface area contributed by atoms with Crippen molar-refractivity contribution >= 4 is 0 Å². The van der Waals surface area contributed by atoms with Crippen LogP contribution in [0.1, 0.15) is 38.4 Å². The van der Waals surface area contributed by atoms with Crippen LogP contribution in [0.15, 0.2) is 18.3 Å². The van der Waals surface area contributed by atoms with Crippen molar-refractivity contribution in [3.63, 3.8) is 0 Å². The van der Waals surface area contributed by atoms with E-state index in [2.05, 4.69) is 18.0 Å². The SMILES string of the molecule is CCc1ccc(C[C@@](C)(O)CC)nc1. The zero-order valence-electron chi connectivity index (χ0n) is 9.25. The van der Waals surface area contributed by atoms with E-state index >= 15 is 0 Å². The summed E-state index contributed by atoms with van der Waals surface area (Å²) in [7, 11) is 0. The molecule has 1 aromatic rings. The van der Waals surface area contributed by atoms with Gasteiger partial charge in [-0.2, -0.15) is 0 Å². The predicted octanol–water partition coefficient (Wildman–Crippen LogP) is 2.35. The molecule has 0 aliphatic carbocycles. The number of aryl methyl sites for hydroxylation is 1. The maximum atomic E-state index is 9.86. The molecule has 0 amide bonds. The van der Waals surface area contributed by atoms with Crippen LogP contribution < -0.4 is 0 Å². The molecular weight excluding hydrogens is 174 g/mol. The summed E-state index contributed by atoms with van der Waals surface area (Å²) in [5.41, 5.74) is 1.58. The largest absolute Gasteiger partial charge is 0.390 e. The molecule has 1 atom stereocenters. The first-order chi connectivity index (χ1) is 6.57. The van der Waals surface area contributed by atoms with Crippen LogP contribution in [0.2, 0.25) is 0 Å². The van der Waals surface area contributed by atoms with E-state index in [1.54, 1.807) is 0 Å². The summed E-state index contributed by atoms with van der Waals surface area (Å²) < 4.78 is 0. The molecule has 0 saturated carbocycles. The minimum absolute atomic E-state index is 0.624. The van der Waals surface area contributed by atoms with Crippen LogP contribution in [0, 0.1) is 0 Å². The van der Waals surface area contributed by atoms with Gasteiger partial charge in [0.2, 0.25) is 0 Å². The summed E-state index contributed by atoms with van der Waals surface area (Å²) in [6.45, 7) is 5.95. The van der Waals surface area contributed by atoms with Gasteiger partial charge < -0.3 is 5.11 Å². The number of hydrogen-bond acceptors (Lipinski definition) is 2. The van der Waals surface area contributed by atoms with Crippen molar-refractivity contribution in [3.8, 4) is 0 Å². The summed E-state index contributed by atoms with van der Waals surface area (Å²) >= 11 is 0. The Bertz CT molecular complexity index is 277. The lowest BCUT2D eigenvalue weighted by Gasteiger charge is -2.20. The highest BCUT2D eigenvalue weighted by Crippen LogP contribution is 2.15. The molecule has 2 heteroatoms. The standard InChI is InChI=1S/C12H19NO/c1-4-10-6-7-11(13-9-10)8-12(3,14)5-2/h6-7,9,14H,4-5,8H2,1-3H3/t12-/m0/s1. The van der Waals surface area contributed by atoms with Gasteiger partial charge in [-0.3, -0.25) is 4.98 Å². The van der Waals surface area contributed by atoms with Crippen molar-refractivity contribution in [3.05, 3.63) is 29.6 Å². The highest BCUT2D eigenvalue weighted by molar-refractivity contribution is 5.15. The molecule has 0 radical (unpaired) electrons. The Balaban J connectivity index is 2.69. The van der Waals surface area contributed by atoms with Gasteiger partial charge in [0.25, 0.3) is 0 Å². The van der Waals surface area contributed by atoms with Gasteiger partial charge in [0.1, 0.15) is 0 Å². The van der Waals surface area contributed by atoms with Gasteiger partial charge in [-0.25, -0.2) is 0 Å². The van der Waals surface area contributed by atoms with Crippen molar-refractivity contribution in [2.24, 2.45) is 0 Å². The van der Waals surface area contributed by atoms with Gasteiger partial charge >= 0.3 is 0 Å². The van der Waals surface area contributed by atoms with Gasteiger partial charge in [-0.1, -0.05) is 19.9 Å². The zero-order valence-corrected chi connectivity index (χ0v) is 9.25. The number of hydrogen-bond donors (Lipinski definition) is 1. The molecule has 0 aromatic carbocycles. The van der Waals surface area contributed by atoms with Crippen LogP contribution in [0.3, 0.4) is 0 Å². The average molecular weight is 193 g/mol. The molecule has 0 fully saturated rings. The molecule has 78 valence electrons. The quantitative estimate of drug-likeness (QED) is 0.796. The lowest BCUT2D eigenvalue weighted by atomic mass is 9.97. The fraction of sp³-hybridized carbons (Fsp3) is 0.583. The Morgan fingerprint density at radius 2 is 2.07 bits per heavy atom. The van der Waals surface area contributed by atoms with E-state index in [-0.39, 0.29) is 0 Å². The highest BCUT2D eigenvalue weighted by Gasteiger charge is 2.18. The maximum Gasteiger partial charge on any atom is 0.0672 e. The normalized spacial score (nSPS) is 15.1. The van der Waals surface area contributed by atoms with Crippen LogP contribution in [0.5, 0.6) is 0 Å². The second-order valence-corrected chi connectivity index (χ2v) is 4.04. The first-order valence-corrected chi connectivity index (χ1v) is 5.23. The lowest BCUT2D eigenvalue weighted by molar-refractivity contribution is 0.0555. The molecule has 1 heterocycles. The highest BCUT2D eigenvalue weighted by atomic mass is 16.3. The van der Waals surface area contributed by atoms with Crippen molar-refractivity contribution < 1.29 is 5.11 Å². The number of nitrogens with zero attached hydrogens (tertiary/aromatic N) is 1. The van der Waals surface area contributed by atoms with Crippen LogP contribution in [0.4, 0.5) is 0 Å². The third kappa shape index (κ3) is 3.11. The molecular formula is C12H19NO. The predicted molar refractivity (Wildman–Crippen MR) is 58.2 cm³/mol. The van der Waals surface area contributed by atoms with Gasteiger partial charge in [0.05, 0.1) is 5.60 Å². The van der Waals surface area contributed by atoms with E-state index in [4.69, 9.17) is 0 Å². The van der Waals surface area contributed by atoms with Gasteiger partial charge in [0.15, 0.2) is 0 Å². The molecule has 0 unspecified atom stereocenters. The zero-order chi connectivity index (χ0) is 10.6. The molecule has 0 aliphatic heterocycles. The Labute approximate surface area is 86.0 Å². The van der Waals surface area contributed by atoms with E-state index in [1.165, 1.54) is 5.56 Å². The summed E-state index contributed by atoms with van der Waals surface area (Å²) in [5.74, 6) is 0. The fourth-order valence-corrected chi connectivity index (χ4v) is 1.28. The van der Waals surface area contributed by atoms with E-state index in [1.807, 2.05) is 26.1 Å². The minimum Gasteiger partial charge on any atom is -0.390 e. The lowest BCUT2D eigenvalue weighted by Crippen LogP contribution is -2.26. The number of aromatic nitrogens is 1. The van der Waals surface area contributed by atoms with E-state index in [0.717, 1.165) is 18.5 Å². The van der Waals surface area contributed by atoms with Crippen molar-refractivity contribution in [1.29, 1.82) is 0 Å². The molecule has 1 N–H and O–H groups in total. The summed E-state index contributed by atoms with van der Waals surface area (Å²) in [6, 6.07) is 4.08. The number of rotatable bonds is 4. The van der Waals surface area contributed by atoms with Crippen LogP contribution >= 0.6 is 0 Å². The first kappa shape index (κ1) is 11.2. The summed E-state index contributed by atoms with van der Waals surface area (Å²) in [4.78, 5) is 4.32. The molecule has 2 nitrogen and oxygen atoms in total. The first-order valence-electron chi connectivity index (χ1n) is 5.23. The summed E-state index contributed by atoms with van der Waals surface area (Å²) in [5, 5.41) is 9.86. The monoisotopic (exact) mass is 193 g/mol. The third-order valence-electron chi connectivity index (χ3n) is 2.62. The Morgan fingerprint density at radius 1 is 1.36 bits per heavy atom. The topological polar surface area (TPSA) is 33.1 Å². The number of pyridine rings is 1. The van der Waals surface area contributed by atoms with Crippen LogP contribution in [0.25, 0.3) is 0 Å². The second kappa shape index (κ2) is 4.56. The van der Waals surface area contributed by atoms with Crippen molar-refractivity contribution in [2.75, 3.05) is 0 Å². The van der Waals surface area contributed by atoms with Crippen molar-refractivity contribution in [2.45, 2.75) is 45.6 Å². The summed E-state index contributed by atoms with van der Waals surface area (Å²) in [6.07, 6.45) is 4.29. The number of aliphatic hydroxyl groups is 1. The van der Waals surface area contributed by atoms with Crippen LogP contribution in [-0.4, -0.2) is 15.7 Å². The van der Waals surface area contributed by atoms with Crippen molar-refractivity contribution in [1.82, 2.24) is 4.98 Å². The van der Waals surface area contributed by atoms with Gasteiger partial charge in [-0.05, 0) is 31.4 Å². The van der Waals surface area contributed by atoms with Gasteiger partial charge in [-0.15, -0.1) is 0 Å². The van der Waals surface area contributed by atoms with E-state index in [0.29, 0.717) is 6.42 Å².